The van der Waals surface area contributed by atoms with Gasteiger partial charge in [0, 0.05) is 17.5 Å². The Bertz CT molecular complexity index is 579. The highest BCUT2D eigenvalue weighted by atomic mass is 16.3. The maximum Gasteiger partial charge on any atom is 0.287 e. The van der Waals surface area contributed by atoms with Gasteiger partial charge >= 0.3 is 0 Å². The number of amides is 1. The summed E-state index contributed by atoms with van der Waals surface area (Å²) in [4.78, 5) is 12.1. The number of furan rings is 1. The Kier molecular flexibility index (Phi) is 3.49. The molecular formula is C16H20N2O2. The maximum atomic E-state index is 12.1. The Morgan fingerprint density at radius 3 is 2.75 bits per heavy atom. The van der Waals surface area contributed by atoms with Crippen molar-refractivity contribution < 1.29 is 9.21 Å². The van der Waals surface area contributed by atoms with E-state index >= 15 is 0 Å². The number of carbonyl (C=O) groups is 1. The topological polar surface area (TPSA) is 68.3 Å². The number of nitrogens with two attached hydrogens (primary N) is 1. The standard InChI is InChI=1S/C16H20N2O2/c17-16(8-4-1-5-9-16)11-18-15(19)14-10-12-6-2-3-7-13(12)20-14/h2-3,6-7,10H,1,4-5,8-9,11,17H2,(H,18,19). The molecule has 1 heterocycles. The highest BCUT2D eigenvalue weighted by Gasteiger charge is 2.28. The van der Waals surface area contributed by atoms with E-state index < -0.39 is 0 Å². The summed E-state index contributed by atoms with van der Waals surface area (Å²) in [6, 6.07) is 9.38. The van der Waals surface area contributed by atoms with Gasteiger partial charge in [0.2, 0.25) is 0 Å². The molecule has 1 fully saturated rings. The van der Waals surface area contributed by atoms with E-state index in [4.69, 9.17) is 10.2 Å². The van der Waals surface area contributed by atoms with E-state index in [0.717, 1.165) is 36.7 Å². The van der Waals surface area contributed by atoms with Gasteiger partial charge in [0.15, 0.2) is 5.76 Å². The summed E-state index contributed by atoms with van der Waals surface area (Å²) < 4.78 is 5.55. The molecular weight excluding hydrogens is 252 g/mol. The van der Waals surface area contributed by atoms with Gasteiger partial charge in [-0.3, -0.25) is 4.79 Å². The average molecular weight is 272 g/mol. The van der Waals surface area contributed by atoms with Crippen molar-refractivity contribution in [3.63, 3.8) is 0 Å². The largest absolute Gasteiger partial charge is 0.451 e. The van der Waals surface area contributed by atoms with Crippen molar-refractivity contribution in [1.82, 2.24) is 5.32 Å². The molecule has 4 nitrogen and oxygen atoms in total. The molecule has 0 atom stereocenters. The summed E-state index contributed by atoms with van der Waals surface area (Å²) in [5.74, 6) is 0.169. The molecule has 1 aromatic carbocycles. The molecule has 0 radical (unpaired) electrons. The Labute approximate surface area is 118 Å². The minimum absolute atomic E-state index is 0.184. The normalized spacial score (nSPS) is 18.1. The van der Waals surface area contributed by atoms with Crippen molar-refractivity contribution in [1.29, 1.82) is 0 Å². The summed E-state index contributed by atoms with van der Waals surface area (Å²) in [5.41, 5.74) is 6.80. The molecule has 1 aromatic heterocycles. The molecule has 1 aliphatic carbocycles. The monoisotopic (exact) mass is 272 g/mol. The van der Waals surface area contributed by atoms with Crippen LogP contribution < -0.4 is 11.1 Å². The Morgan fingerprint density at radius 2 is 2.00 bits per heavy atom. The van der Waals surface area contributed by atoms with Crippen molar-refractivity contribution in [3.8, 4) is 0 Å². The fraction of sp³-hybridized carbons (Fsp3) is 0.438. The fourth-order valence-electron chi connectivity index (χ4n) is 2.87. The molecule has 3 rings (SSSR count). The predicted octanol–water partition coefficient (Wildman–Crippen LogP) is 2.82. The van der Waals surface area contributed by atoms with Crippen LogP contribution >= 0.6 is 0 Å². The van der Waals surface area contributed by atoms with Crippen LogP contribution in [0, 0.1) is 0 Å². The van der Waals surface area contributed by atoms with Gasteiger partial charge in [-0.15, -0.1) is 0 Å². The second-order valence-corrected chi connectivity index (χ2v) is 5.75. The molecule has 0 aliphatic heterocycles. The zero-order chi connectivity index (χ0) is 14.0. The molecule has 4 heteroatoms. The molecule has 1 saturated carbocycles. The highest BCUT2D eigenvalue weighted by molar-refractivity contribution is 5.96. The number of nitrogens with one attached hydrogen (secondary N) is 1. The zero-order valence-electron chi connectivity index (χ0n) is 11.5. The van der Waals surface area contributed by atoms with E-state index in [1.54, 1.807) is 6.07 Å². The van der Waals surface area contributed by atoms with Crippen LogP contribution in [0.2, 0.25) is 0 Å². The van der Waals surface area contributed by atoms with E-state index in [1.165, 1.54) is 6.42 Å². The van der Waals surface area contributed by atoms with Crippen LogP contribution in [0.15, 0.2) is 34.7 Å². The first-order valence-electron chi connectivity index (χ1n) is 7.22. The van der Waals surface area contributed by atoms with Crippen molar-refractivity contribution in [2.24, 2.45) is 5.73 Å². The van der Waals surface area contributed by atoms with E-state index in [1.807, 2.05) is 24.3 Å². The summed E-state index contributed by atoms with van der Waals surface area (Å²) in [6.07, 6.45) is 5.51. The fourth-order valence-corrected chi connectivity index (χ4v) is 2.87. The molecule has 106 valence electrons. The molecule has 3 N–H and O–H groups in total. The molecule has 1 amide bonds. The first-order valence-corrected chi connectivity index (χ1v) is 7.22. The Balaban J connectivity index is 1.66. The number of hydrogen-bond donors (Lipinski definition) is 2. The highest BCUT2D eigenvalue weighted by Crippen LogP contribution is 2.25. The summed E-state index contributed by atoms with van der Waals surface area (Å²) in [7, 11) is 0. The van der Waals surface area contributed by atoms with Gasteiger partial charge < -0.3 is 15.5 Å². The molecule has 2 aromatic rings. The lowest BCUT2D eigenvalue weighted by Gasteiger charge is -2.33. The smallest absolute Gasteiger partial charge is 0.287 e. The third-order valence-corrected chi connectivity index (χ3v) is 4.10. The second kappa shape index (κ2) is 5.29. The quantitative estimate of drug-likeness (QED) is 0.902. The summed E-state index contributed by atoms with van der Waals surface area (Å²) >= 11 is 0. The molecule has 0 bridgehead atoms. The minimum Gasteiger partial charge on any atom is -0.451 e. The summed E-state index contributed by atoms with van der Waals surface area (Å²) in [6.45, 7) is 0.517. The number of benzene rings is 1. The predicted molar refractivity (Wildman–Crippen MR) is 78.6 cm³/mol. The number of fused-ring (bicyclic) bond motifs is 1. The minimum atomic E-state index is -0.250. The van der Waals surface area contributed by atoms with Crippen LogP contribution in [0.4, 0.5) is 0 Å². The first kappa shape index (κ1) is 13.2. The van der Waals surface area contributed by atoms with Gasteiger partial charge in [0.25, 0.3) is 5.91 Å². The number of rotatable bonds is 3. The molecule has 0 saturated heterocycles. The van der Waals surface area contributed by atoms with Gasteiger partial charge in [-0.1, -0.05) is 37.5 Å². The summed E-state index contributed by atoms with van der Waals surface area (Å²) in [5, 5.41) is 3.85. The number of hydrogen-bond acceptors (Lipinski definition) is 3. The van der Waals surface area contributed by atoms with Crippen LogP contribution in [0.25, 0.3) is 11.0 Å². The molecule has 20 heavy (non-hydrogen) atoms. The number of para-hydroxylation sites is 1. The second-order valence-electron chi connectivity index (χ2n) is 5.75. The molecule has 0 spiro atoms. The van der Waals surface area contributed by atoms with Crippen LogP contribution in [-0.4, -0.2) is 18.0 Å². The third kappa shape index (κ3) is 2.70. The Hall–Kier alpha value is -1.81. The van der Waals surface area contributed by atoms with Gasteiger partial charge in [0.1, 0.15) is 5.58 Å². The van der Waals surface area contributed by atoms with Crippen molar-refractivity contribution >= 4 is 16.9 Å². The van der Waals surface area contributed by atoms with E-state index in [9.17, 15) is 4.79 Å². The van der Waals surface area contributed by atoms with Crippen molar-refractivity contribution in [2.75, 3.05) is 6.54 Å². The lowest BCUT2D eigenvalue weighted by molar-refractivity contribution is 0.0912. The van der Waals surface area contributed by atoms with Crippen LogP contribution in [0.5, 0.6) is 0 Å². The SMILES string of the molecule is NC1(CNC(=O)c2cc3ccccc3o2)CCCCC1. The van der Waals surface area contributed by atoms with Crippen LogP contribution in [-0.2, 0) is 0 Å². The van der Waals surface area contributed by atoms with E-state index in [-0.39, 0.29) is 11.4 Å². The van der Waals surface area contributed by atoms with Crippen LogP contribution in [0.1, 0.15) is 42.7 Å². The van der Waals surface area contributed by atoms with E-state index in [0.29, 0.717) is 12.3 Å². The Morgan fingerprint density at radius 1 is 1.25 bits per heavy atom. The first-order chi connectivity index (χ1) is 9.66. The van der Waals surface area contributed by atoms with Crippen molar-refractivity contribution in [2.45, 2.75) is 37.6 Å². The van der Waals surface area contributed by atoms with Crippen LogP contribution in [0.3, 0.4) is 0 Å². The molecule has 0 unspecified atom stereocenters. The van der Waals surface area contributed by atoms with Gasteiger partial charge in [-0.2, -0.15) is 0 Å². The van der Waals surface area contributed by atoms with Crippen molar-refractivity contribution in [3.05, 3.63) is 36.1 Å². The lowest BCUT2D eigenvalue weighted by atomic mass is 9.82. The third-order valence-electron chi connectivity index (χ3n) is 4.10. The molecule has 1 aliphatic rings. The van der Waals surface area contributed by atoms with Gasteiger partial charge in [0.05, 0.1) is 0 Å². The average Bonchev–Trinajstić information content (AvgIpc) is 2.89. The van der Waals surface area contributed by atoms with Gasteiger partial charge in [-0.05, 0) is 25.0 Å². The number of carbonyl (C=O) groups excluding carboxylic acids is 1. The van der Waals surface area contributed by atoms with E-state index in [2.05, 4.69) is 5.32 Å². The zero-order valence-corrected chi connectivity index (χ0v) is 11.5. The lowest BCUT2D eigenvalue weighted by Crippen LogP contribution is -2.51. The maximum absolute atomic E-state index is 12.1. The van der Waals surface area contributed by atoms with Gasteiger partial charge in [-0.25, -0.2) is 0 Å².